The van der Waals surface area contributed by atoms with Crippen LogP contribution in [0.3, 0.4) is 0 Å². The maximum Gasteiger partial charge on any atom is 0.338 e. The molecule has 2 aliphatic heterocycles. The minimum absolute atomic E-state index is 0.0166. The first-order chi connectivity index (χ1) is 22.9. The Morgan fingerprint density at radius 1 is 1.02 bits per heavy atom. The Balaban J connectivity index is 1.40. The maximum absolute atomic E-state index is 14.4. The third kappa shape index (κ3) is 5.95. The lowest BCUT2D eigenvalue weighted by molar-refractivity contribution is -0.139. The monoisotopic (exact) mass is 666 g/mol. The van der Waals surface area contributed by atoms with Crippen LogP contribution in [0.25, 0.3) is 22.7 Å². The summed E-state index contributed by atoms with van der Waals surface area (Å²) in [6, 6.07) is 23.6. The van der Waals surface area contributed by atoms with Gasteiger partial charge in [-0.15, -0.1) is 0 Å². The van der Waals surface area contributed by atoms with Gasteiger partial charge in [-0.2, -0.15) is 0 Å². The van der Waals surface area contributed by atoms with Gasteiger partial charge in [-0.25, -0.2) is 9.79 Å². The molecule has 1 fully saturated rings. The number of aromatic nitrogens is 2. The number of halogens is 1. The number of amides is 1. The Morgan fingerprint density at radius 2 is 1.74 bits per heavy atom. The smallest absolute Gasteiger partial charge is 0.338 e. The zero-order valence-corrected chi connectivity index (χ0v) is 27.2. The molecule has 0 radical (unpaired) electrons. The molecule has 5 aromatic rings. The number of hydrogen-bond acceptors (Lipinski definition) is 7. The van der Waals surface area contributed by atoms with E-state index in [2.05, 4.69) is 0 Å². The number of morpholine rings is 1. The van der Waals surface area contributed by atoms with Gasteiger partial charge in [0.05, 0.1) is 41.7 Å². The summed E-state index contributed by atoms with van der Waals surface area (Å²) in [5.41, 5.74) is 3.57. The van der Waals surface area contributed by atoms with Crippen LogP contribution in [0.1, 0.15) is 29.7 Å². The number of carbonyl (C=O) groups excluding carboxylic acids is 2. The Labute approximate surface area is 279 Å². The molecule has 0 bridgehead atoms. The van der Waals surface area contributed by atoms with E-state index >= 15 is 0 Å². The molecule has 1 atom stereocenters. The molecule has 7 rings (SSSR count). The van der Waals surface area contributed by atoms with Gasteiger partial charge in [0.25, 0.3) is 5.56 Å². The van der Waals surface area contributed by atoms with E-state index in [0.29, 0.717) is 51.9 Å². The lowest BCUT2D eigenvalue weighted by Crippen LogP contribution is -2.42. The Morgan fingerprint density at radius 3 is 2.49 bits per heavy atom. The lowest BCUT2D eigenvalue weighted by Gasteiger charge is -2.27. The summed E-state index contributed by atoms with van der Waals surface area (Å²) in [6.07, 6.45) is 3.76. The zero-order chi connectivity index (χ0) is 32.5. The third-order valence-corrected chi connectivity index (χ3v) is 9.57. The number of nitrogens with zero attached hydrogens (tertiary/aromatic N) is 4. The molecule has 2 aliphatic rings. The van der Waals surface area contributed by atoms with Crippen LogP contribution in [-0.2, 0) is 25.6 Å². The zero-order valence-electron chi connectivity index (χ0n) is 25.6. The van der Waals surface area contributed by atoms with Gasteiger partial charge in [-0.3, -0.25) is 14.2 Å². The van der Waals surface area contributed by atoms with Crippen LogP contribution in [0.2, 0.25) is 5.02 Å². The molecular weight excluding hydrogens is 636 g/mol. The van der Waals surface area contributed by atoms with Gasteiger partial charge in [0, 0.05) is 46.3 Å². The summed E-state index contributed by atoms with van der Waals surface area (Å²) in [4.78, 5) is 48.4. The molecule has 238 valence electrons. The van der Waals surface area contributed by atoms with Gasteiger partial charge in [0.1, 0.15) is 6.54 Å². The molecular formula is C36H31ClN4O5S. The van der Waals surface area contributed by atoms with Crippen molar-refractivity contribution in [1.29, 1.82) is 0 Å². The van der Waals surface area contributed by atoms with Crippen LogP contribution in [0.4, 0.5) is 0 Å². The third-order valence-electron chi connectivity index (χ3n) is 8.33. The lowest BCUT2D eigenvalue weighted by atomic mass is 9.93. The first-order valence-corrected chi connectivity index (χ1v) is 16.6. The second kappa shape index (κ2) is 13.2. The van der Waals surface area contributed by atoms with Crippen LogP contribution in [0.5, 0.6) is 0 Å². The van der Waals surface area contributed by atoms with E-state index in [1.807, 2.05) is 88.5 Å². The van der Waals surface area contributed by atoms with E-state index < -0.39 is 12.0 Å². The number of rotatable bonds is 7. The predicted octanol–water partition coefficient (Wildman–Crippen LogP) is 4.40. The van der Waals surface area contributed by atoms with Gasteiger partial charge < -0.3 is 18.9 Å². The molecule has 4 heterocycles. The highest BCUT2D eigenvalue weighted by molar-refractivity contribution is 7.07. The molecule has 1 amide bonds. The highest BCUT2D eigenvalue weighted by atomic mass is 35.5. The predicted molar refractivity (Wildman–Crippen MR) is 182 cm³/mol. The van der Waals surface area contributed by atoms with Crippen molar-refractivity contribution in [2.24, 2.45) is 4.99 Å². The topological polar surface area (TPSA) is 95.1 Å². The molecule has 2 aromatic heterocycles. The van der Waals surface area contributed by atoms with Gasteiger partial charge in [0.15, 0.2) is 4.80 Å². The molecule has 3 aromatic carbocycles. The molecule has 0 spiro atoms. The molecule has 9 nitrogen and oxygen atoms in total. The molecule has 0 N–H and O–H groups in total. The Bertz CT molecular complexity index is 2200. The highest BCUT2D eigenvalue weighted by Gasteiger charge is 2.35. The van der Waals surface area contributed by atoms with Crippen molar-refractivity contribution in [2.45, 2.75) is 19.5 Å². The number of para-hydroxylation sites is 1. The summed E-state index contributed by atoms with van der Waals surface area (Å²) in [7, 11) is 0. The van der Waals surface area contributed by atoms with Crippen molar-refractivity contribution in [3.05, 3.63) is 132 Å². The molecule has 11 heteroatoms. The fourth-order valence-electron chi connectivity index (χ4n) is 6.12. The van der Waals surface area contributed by atoms with Crippen molar-refractivity contribution in [3.63, 3.8) is 0 Å². The Hall–Kier alpha value is -4.77. The van der Waals surface area contributed by atoms with Crippen LogP contribution >= 0.6 is 22.9 Å². The molecule has 0 unspecified atom stereocenters. The average Bonchev–Trinajstić information content (AvgIpc) is 3.61. The van der Waals surface area contributed by atoms with E-state index in [1.165, 1.54) is 11.3 Å². The fourth-order valence-corrected chi connectivity index (χ4v) is 7.24. The second-order valence-corrected chi connectivity index (χ2v) is 12.7. The van der Waals surface area contributed by atoms with Gasteiger partial charge >= 0.3 is 5.97 Å². The molecule has 47 heavy (non-hydrogen) atoms. The number of fused-ring (bicyclic) bond motifs is 2. The first kappa shape index (κ1) is 30.9. The molecule has 1 saturated heterocycles. The highest BCUT2D eigenvalue weighted by Crippen LogP contribution is 2.35. The van der Waals surface area contributed by atoms with Gasteiger partial charge in [0.2, 0.25) is 5.91 Å². The molecule has 0 aliphatic carbocycles. The Kier molecular flexibility index (Phi) is 8.64. The quantitative estimate of drug-likeness (QED) is 0.240. The van der Waals surface area contributed by atoms with Crippen molar-refractivity contribution in [3.8, 4) is 0 Å². The second-order valence-electron chi connectivity index (χ2n) is 11.2. The number of benzene rings is 3. The normalized spacial score (nSPS) is 16.7. The SMILES string of the molecule is CCOC(=O)C1=C(c2ccccc2)N=c2s/c(=C/c3cn(CC(=O)N4CCOCC4)c4ccccc34)c(=O)n2[C@@H]1c1ccc(Cl)cc1. The maximum atomic E-state index is 14.4. The number of hydrogen-bond donors (Lipinski definition) is 0. The first-order valence-electron chi connectivity index (χ1n) is 15.4. The van der Waals surface area contributed by atoms with Crippen LogP contribution in [-0.4, -0.2) is 58.8 Å². The summed E-state index contributed by atoms with van der Waals surface area (Å²) in [5, 5.41) is 1.45. The average molecular weight is 667 g/mol. The van der Waals surface area contributed by atoms with Crippen molar-refractivity contribution >= 4 is 57.5 Å². The van der Waals surface area contributed by atoms with E-state index in [-0.39, 0.29) is 30.2 Å². The van der Waals surface area contributed by atoms with Crippen LogP contribution in [0.15, 0.2) is 100 Å². The molecule has 0 saturated carbocycles. The minimum atomic E-state index is -0.799. The number of ether oxygens (including phenoxy) is 2. The van der Waals surface area contributed by atoms with Crippen molar-refractivity contribution in [1.82, 2.24) is 14.0 Å². The van der Waals surface area contributed by atoms with Crippen LogP contribution < -0.4 is 14.9 Å². The largest absolute Gasteiger partial charge is 0.463 e. The van der Waals surface area contributed by atoms with E-state index in [1.54, 1.807) is 23.6 Å². The van der Waals surface area contributed by atoms with Gasteiger partial charge in [-0.1, -0.05) is 83.6 Å². The summed E-state index contributed by atoms with van der Waals surface area (Å²) < 4.78 is 14.9. The number of carbonyl (C=O) groups is 2. The standard InChI is InChI=1S/C36H31ClN4O5S/c1-2-46-35(44)31-32(23-8-4-3-5-9-23)38-36-41(33(31)24-12-14-26(37)15-13-24)34(43)29(47-36)20-25-21-40(28-11-7-6-10-27(25)28)22-30(42)39-16-18-45-19-17-39/h3-15,20-21,33H,2,16-19,22H2,1H3/b29-20+/t33-/m1/s1. The summed E-state index contributed by atoms with van der Waals surface area (Å²) in [5.74, 6) is -0.528. The van der Waals surface area contributed by atoms with Crippen LogP contribution in [0, 0.1) is 0 Å². The van der Waals surface area contributed by atoms with E-state index in [9.17, 15) is 14.4 Å². The number of thiazole rings is 1. The fraction of sp³-hybridized carbons (Fsp3) is 0.222. The van der Waals surface area contributed by atoms with Gasteiger partial charge in [-0.05, 0) is 36.8 Å². The van der Waals surface area contributed by atoms with Crippen molar-refractivity contribution in [2.75, 3.05) is 32.9 Å². The van der Waals surface area contributed by atoms with E-state index in [4.69, 9.17) is 26.1 Å². The number of esters is 1. The minimum Gasteiger partial charge on any atom is -0.463 e. The summed E-state index contributed by atoms with van der Waals surface area (Å²) >= 11 is 7.51. The summed E-state index contributed by atoms with van der Waals surface area (Å²) in [6.45, 7) is 4.29. The van der Waals surface area contributed by atoms with E-state index in [0.717, 1.165) is 22.0 Å². The van der Waals surface area contributed by atoms with Crippen molar-refractivity contribution < 1.29 is 19.1 Å².